The quantitative estimate of drug-likeness (QED) is 0.771. The molecule has 14 heavy (non-hydrogen) atoms. The van der Waals surface area contributed by atoms with E-state index in [1.54, 1.807) is 0 Å². The van der Waals surface area contributed by atoms with Crippen molar-refractivity contribution in [2.75, 3.05) is 13.1 Å². The van der Waals surface area contributed by atoms with Crippen molar-refractivity contribution in [3.63, 3.8) is 0 Å². The highest BCUT2D eigenvalue weighted by molar-refractivity contribution is 7.12. The van der Waals surface area contributed by atoms with Gasteiger partial charge >= 0.3 is 0 Å². The van der Waals surface area contributed by atoms with Gasteiger partial charge in [0, 0.05) is 12.6 Å². The predicted octanol–water partition coefficient (Wildman–Crippen LogP) is 1.23. The first-order valence-corrected chi connectivity index (χ1v) is 5.79. The van der Waals surface area contributed by atoms with E-state index in [1.807, 2.05) is 17.5 Å². The van der Waals surface area contributed by atoms with Gasteiger partial charge in [-0.2, -0.15) is 0 Å². The smallest absolute Gasteiger partial charge is 0.261 e. The van der Waals surface area contributed by atoms with Crippen molar-refractivity contribution in [1.29, 1.82) is 0 Å². The fourth-order valence-corrected chi connectivity index (χ4v) is 2.27. The normalized spacial score (nSPS) is 21.9. The van der Waals surface area contributed by atoms with E-state index in [4.69, 9.17) is 0 Å². The van der Waals surface area contributed by atoms with Gasteiger partial charge in [-0.15, -0.1) is 11.3 Å². The fourth-order valence-electron chi connectivity index (χ4n) is 1.64. The molecule has 0 radical (unpaired) electrons. The molecule has 1 saturated heterocycles. The molecule has 2 rings (SSSR count). The van der Waals surface area contributed by atoms with Gasteiger partial charge in [0.25, 0.3) is 5.91 Å². The van der Waals surface area contributed by atoms with Crippen molar-refractivity contribution in [2.24, 2.45) is 0 Å². The average Bonchev–Trinajstić information content (AvgIpc) is 2.72. The van der Waals surface area contributed by atoms with Crippen molar-refractivity contribution in [1.82, 2.24) is 10.6 Å². The lowest BCUT2D eigenvalue weighted by Crippen LogP contribution is -2.45. The van der Waals surface area contributed by atoms with Gasteiger partial charge < -0.3 is 10.6 Å². The summed E-state index contributed by atoms with van der Waals surface area (Å²) in [5, 5.41) is 8.23. The molecule has 4 heteroatoms. The van der Waals surface area contributed by atoms with E-state index >= 15 is 0 Å². The Balaban J connectivity index is 1.87. The van der Waals surface area contributed by atoms with Crippen LogP contribution >= 0.6 is 11.3 Å². The van der Waals surface area contributed by atoms with Crippen LogP contribution in [-0.4, -0.2) is 25.0 Å². The van der Waals surface area contributed by atoms with Crippen LogP contribution in [0.5, 0.6) is 0 Å². The topological polar surface area (TPSA) is 41.1 Å². The summed E-state index contributed by atoms with van der Waals surface area (Å²) in [5.41, 5.74) is 0. The molecule has 1 amide bonds. The zero-order chi connectivity index (χ0) is 9.80. The first kappa shape index (κ1) is 9.68. The Labute approximate surface area is 87.5 Å². The number of carbonyl (C=O) groups is 1. The van der Waals surface area contributed by atoms with E-state index in [2.05, 4.69) is 10.6 Å². The number of rotatable bonds is 2. The zero-order valence-electron chi connectivity index (χ0n) is 7.95. The fraction of sp³-hybridized carbons (Fsp3) is 0.500. The summed E-state index contributed by atoms with van der Waals surface area (Å²) in [6.45, 7) is 1.97. The van der Waals surface area contributed by atoms with E-state index < -0.39 is 0 Å². The Morgan fingerprint density at radius 2 is 2.57 bits per heavy atom. The standard InChI is InChI=1S/C10H14N2OS/c13-10(9-4-2-6-14-9)12-8-3-1-5-11-7-8/h2,4,6,8,11H,1,3,5,7H2,(H,12,13). The Morgan fingerprint density at radius 1 is 1.64 bits per heavy atom. The molecule has 2 N–H and O–H groups in total. The van der Waals surface area contributed by atoms with Crippen molar-refractivity contribution >= 4 is 17.2 Å². The number of thiophene rings is 1. The molecular formula is C10H14N2OS. The molecule has 1 aliphatic heterocycles. The van der Waals surface area contributed by atoms with Crippen LogP contribution in [0.2, 0.25) is 0 Å². The lowest BCUT2D eigenvalue weighted by atomic mass is 10.1. The minimum absolute atomic E-state index is 0.0636. The van der Waals surface area contributed by atoms with Crippen LogP contribution in [0, 0.1) is 0 Å². The van der Waals surface area contributed by atoms with Crippen LogP contribution < -0.4 is 10.6 Å². The lowest BCUT2D eigenvalue weighted by Gasteiger charge is -2.23. The van der Waals surface area contributed by atoms with Gasteiger partial charge in [0.15, 0.2) is 0 Å². The Bertz CT molecular complexity index is 291. The van der Waals surface area contributed by atoms with Crippen LogP contribution in [0.15, 0.2) is 17.5 Å². The third-order valence-electron chi connectivity index (χ3n) is 2.38. The lowest BCUT2D eigenvalue weighted by molar-refractivity contribution is 0.0935. The second-order valence-electron chi connectivity index (χ2n) is 3.49. The van der Waals surface area contributed by atoms with Crippen LogP contribution in [0.4, 0.5) is 0 Å². The van der Waals surface area contributed by atoms with Crippen LogP contribution in [0.3, 0.4) is 0 Å². The average molecular weight is 210 g/mol. The maximum Gasteiger partial charge on any atom is 0.261 e. The number of piperidine rings is 1. The molecule has 1 unspecified atom stereocenters. The Hall–Kier alpha value is -0.870. The molecule has 0 spiro atoms. The molecule has 1 atom stereocenters. The van der Waals surface area contributed by atoms with Crippen LogP contribution in [-0.2, 0) is 0 Å². The van der Waals surface area contributed by atoms with Crippen molar-refractivity contribution < 1.29 is 4.79 Å². The third kappa shape index (κ3) is 2.33. The van der Waals surface area contributed by atoms with E-state index in [0.717, 1.165) is 30.8 Å². The number of hydrogen-bond donors (Lipinski definition) is 2. The molecule has 1 aliphatic rings. The van der Waals surface area contributed by atoms with Gasteiger partial charge in [0.2, 0.25) is 0 Å². The molecule has 0 aliphatic carbocycles. The largest absolute Gasteiger partial charge is 0.347 e. The van der Waals surface area contributed by atoms with Gasteiger partial charge in [-0.25, -0.2) is 0 Å². The summed E-state index contributed by atoms with van der Waals surface area (Å²) in [4.78, 5) is 12.4. The molecule has 1 aromatic heterocycles. The molecule has 1 fully saturated rings. The zero-order valence-corrected chi connectivity index (χ0v) is 8.77. The summed E-state index contributed by atoms with van der Waals surface area (Å²) in [7, 11) is 0. The van der Waals surface area contributed by atoms with Gasteiger partial charge in [0.05, 0.1) is 4.88 Å². The van der Waals surface area contributed by atoms with Gasteiger partial charge in [0.1, 0.15) is 0 Å². The molecule has 76 valence electrons. The van der Waals surface area contributed by atoms with Gasteiger partial charge in [-0.3, -0.25) is 4.79 Å². The van der Waals surface area contributed by atoms with Gasteiger partial charge in [-0.1, -0.05) is 6.07 Å². The second-order valence-corrected chi connectivity index (χ2v) is 4.44. The first-order chi connectivity index (χ1) is 6.86. The molecule has 2 heterocycles. The van der Waals surface area contributed by atoms with Gasteiger partial charge in [-0.05, 0) is 30.8 Å². The van der Waals surface area contributed by atoms with Crippen LogP contribution in [0.1, 0.15) is 22.5 Å². The first-order valence-electron chi connectivity index (χ1n) is 4.91. The Kier molecular flexibility index (Phi) is 3.16. The minimum Gasteiger partial charge on any atom is -0.347 e. The molecule has 0 saturated carbocycles. The third-order valence-corrected chi connectivity index (χ3v) is 3.25. The highest BCUT2D eigenvalue weighted by atomic mass is 32.1. The molecule has 3 nitrogen and oxygen atoms in total. The number of amides is 1. The Morgan fingerprint density at radius 3 is 3.21 bits per heavy atom. The summed E-state index contributed by atoms with van der Waals surface area (Å²) in [6, 6.07) is 4.06. The van der Waals surface area contributed by atoms with E-state index in [0.29, 0.717) is 6.04 Å². The molecule has 1 aromatic rings. The maximum absolute atomic E-state index is 11.6. The van der Waals surface area contributed by atoms with Crippen molar-refractivity contribution in [3.8, 4) is 0 Å². The van der Waals surface area contributed by atoms with E-state index in [-0.39, 0.29) is 5.91 Å². The summed E-state index contributed by atoms with van der Waals surface area (Å²) in [6.07, 6.45) is 2.24. The van der Waals surface area contributed by atoms with E-state index in [1.165, 1.54) is 11.3 Å². The molecular weight excluding hydrogens is 196 g/mol. The highest BCUT2D eigenvalue weighted by Gasteiger charge is 2.16. The highest BCUT2D eigenvalue weighted by Crippen LogP contribution is 2.09. The van der Waals surface area contributed by atoms with Crippen LogP contribution in [0.25, 0.3) is 0 Å². The SMILES string of the molecule is O=C(NC1CCCNC1)c1cccs1. The second kappa shape index (κ2) is 4.57. The maximum atomic E-state index is 11.6. The number of carbonyl (C=O) groups excluding carboxylic acids is 1. The minimum atomic E-state index is 0.0636. The monoisotopic (exact) mass is 210 g/mol. The summed E-state index contributed by atoms with van der Waals surface area (Å²) in [5.74, 6) is 0.0636. The summed E-state index contributed by atoms with van der Waals surface area (Å²) >= 11 is 1.49. The number of nitrogens with one attached hydrogen (secondary N) is 2. The number of hydrogen-bond acceptors (Lipinski definition) is 3. The summed E-state index contributed by atoms with van der Waals surface area (Å²) < 4.78 is 0. The van der Waals surface area contributed by atoms with E-state index in [9.17, 15) is 4.79 Å². The van der Waals surface area contributed by atoms with Crippen molar-refractivity contribution in [2.45, 2.75) is 18.9 Å². The molecule has 0 aromatic carbocycles. The molecule has 0 bridgehead atoms. The predicted molar refractivity (Wildman–Crippen MR) is 57.7 cm³/mol. The van der Waals surface area contributed by atoms with Crippen molar-refractivity contribution in [3.05, 3.63) is 22.4 Å².